The molecular weight excluding hydrogens is 252 g/mol. The number of ether oxygens (including phenoxy) is 1. The number of nitrogen functional groups attached to an aromatic ring is 1. The zero-order valence-corrected chi connectivity index (χ0v) is 11.8. The molecule has 0 aliphatic heterocycles. The lowest BCUT2D eigenvalue weighted by Crippen LogP contribution is -2.39. The second-order valence-electron chi connectivity index (χ2n) is 4.33. The normalized spacial score (nSPS) is 12.3. The van der Waals surface area contributed by atoms with Crippen LogP contribution in [0.4, 0.5) is 5.69 Å². The Balaban J connectivity index is 2.62. The van der Waals surface area contributed by atoms with E-state index in [2.05, 4.69) is 5.32 Å². The molecule has 6 heteroatoms. The van der Waals surface area contributed by atoms with Crippen LogP contribution in [-0.4, -0.2) is 24.0 Å². The number of nitrogens with one attached hydrogen (secondary N) is 1. The van der Waals surface area contributed by atoms with E-state index in [0.717, 1.165) is 4.88 Å². The van der Waals surface area contributed by atoms with Crippen molar-refractivity contribution in [3.63, 3.8) is 0 Å². The smallest absolute Gasteiger partial charge is 0.349 e. The number of hydrogen-bond donors (Lipinski definition) is 2. The third kappa shape index (κ3) is 3.73. The second kappa shape index (κ2) is 5.86. The zero-order chi connectivity index (χ0) is 13.9. The average Bonchev–Trinajstić information content (AvgIpc) is 2.58. The SMILES string of the molecule is Cc1sc(C(=O)OC(C)C(=O)NC(C)C)cc1N. The van der Waals surface area contributed by atoms with Crippen LogP contribution in [-0.2, 0) is 9.53 Å². The number of carbonyl (C=O) groups is 2. The van der Waals surface area contributed by atoms with Crippen molar-refractivity contribution in [2.75, 3.05) is 5.73 Å². The van der Waals surface area contributed by atoms with Crippen LogP contribution in [0.1, 0.15) is 35.3 Å². The zero-order valence-electron chi connectivity index (χ0n) is 10.9. The van der Waals surface area contributed by atoms with Gasteiger partial charge in [-0.3, -0.25) is 4.79 Å². The number of nitrogens with two attached hydrogens (primary N) is 1. The molecule has 0 aliphatic carbocycles. The van der Waals surface area contributed by atoms with Crippen LogP contribution < -0.4 is 11.1 Å². The summed E-state index contributed by atoms with van der Waals surface area (Å²) < 4.78 is 5.07. The molecule has 1 aromatic rings. The molecule has 1 aromatic heterocycles. The summed E-state index contributed by atoms with van der Waals surface area (Å²) in [7, 11) is 0. The van der Waals surface area contributed by atoms with Crippen molar-refractivity contribution in [1.82, 2.24) is 5.32 Å². The topological polar surface area (TPSA) is 81.4 Å². The van der Waals surface area contributed by atoms with Gasteiger partial charge in [-0.1, -0.05) is 0 Å². The third-order valence-electron chi connectivity index (χ3n) is 2.24. The highest BCUT2D eigenvalue weighted by Gasteiger charge is 2.20. The summed E-state index contributed by atoms with van der Waals surface area (Å²) in [5, 5.41) is 2.68. The van der Waals surface area contributed by atoms with E-state index in [9.17, 15) is 9.59 Å². The monoisotopic (exact) mass is 270 g/mol. The fourth-order valence-electron chi connectivity index (χ4n) is 1.27. The van der Waals surface area contributed by atoms with E-state index < -0.39 is 12.1 Å². The van der Waals surface area contributed by atoms with E-state index in [1.165, 1.54) is 11.3 Å². The molecule has 0 spiro atoms. The lowest BCUT2D eigenvalue weighted by molar-refractivity contribution is -0.129. The van der Waals surface area contributed by atoms with Gasteiger partial charge >= 0.3 is 5.97 Å². The number of carbonyl (C=O) groups excluding carboxylic acids is 2. The van der Waals surface area contributed by atoms with Gasteiger partial charge in [0, 0.05) is 16.6 Å². The summed E-state index contributed by atoms with van der Waals surface area (Å²) in [4.78, 5) is 24.6. The third-order valence-corrected chi connectivity index (χ3v) is 3.29. The van der Waals surface area contributed by atoms with E-state index in [-0.39, 0.29) is 11.9 Å². The first-order valence-electron chi connectivity index (χ1n) is 5.68. The van der Waals surface area contributed by atoms with Crippen LogP contribution >= 0.6 is 11.3 Å². The van der Waals surface area contributed by atoms with E-state index in [1.54, 1.807) is 13.0 Å². The number of anilines is 1. The van der Waals surface area contributed by atoms with Crippen molar-refractivity contribution in [1.29, 1.82) is 0 Å². The summed E-state index contributed by atoms with van der Waals surface area (Å²) in [5.41, 5.74) is 6.22. The number of rotatable bonds is 4. The van der Waals surface area contributed by atoms with Crippen LogP contribution in [0.2, 0.25) is 0 Å². The van der Waals surface area contributed by atoms with Crippen LogP contribution in [0.25, 0.3) is 0 Å². The van der Waals surface area contributed by atoms with Crippen molar-refractivity contribution in [3.8, 4) is 0 Å². The Morgan fingerprint density at radius 1 is 1.39 bits per heavy atom. The molecule has 0 aromatic carbocycles. The summed E-state index contributed by atoms with van der Waals surface area (Å²) in [6.45, 7) is 7.05. The number of thiophene rings is 1. The number of esters is 1. The molecular formula is C12H18N2O3S. The van der Waals surface area contributed by atoms with Crippen LogP contribution in [0.5, 0.6) is 0 Å². The number of amides is 1. The maximum absolute atomic E-state index is 11.8. The molecule has 0 bridgehead atoms. The fourth-order valence-corrected chi connectivity index (χ4v) is 2.09. The molecule has 100 valence electrons. The molecule has 0 saturated heterocycles. The predicted molar refractivity (Wildman–Crippen MR) is 71.6 cm³/mol. The van der Waals surface area contributed by atoms with Gasteiger partial charge in [0.05, 0.1) is 0 Å². The van der Waals surface area contributed by atoms with E-state index in [1.807, 2.05) is 20.8 Å². The highest BCUT2D eigenvalue weighted by Crippen LogP contribution is 2.24. The Hall–Kier alpha value is -1.56. The highest BCUT2D eigenvalue weighted by atomic mass is 32.1. The van der Waals surface area contributed by atoms with Gasteiger partial charge in [0.1, 0.15) is 4.88 Å². The van der Waals surface area contributed by atoms with Crippen molar-refractivity contribution < 1.29 is 14.3 Å². The van der Waals surface area contributed by atoms with Crippen LogP contribution in [0.15, 0.2) is 6.07 Å². The first-order chi connectivity index (χ1) is 8.31. The Morgan fingerprint density at radius 3 is 2.44 bits per heavy atom. The van der Waals surface area contributed by atoms with Gasteiger partial charge < -0.3 is 15.8 Å². The minimum Gasteiger partial charge on any atom is -0.448 e. The highest BCUT2D eigenvalue weighted by molar-refractivity contribution is 7.14. The predicted octanol–water partition coefficient (Wildman–Crippen LogP) is 1.71. The molecule has 1 amide bonds. The molecule has 0 fully saturated rings. The lowest BCUT2D eigenvalue weighted by atomic mass is 10.3. The Labute approximate surface area is 110 Å². The first kappa shape index (κ1) is 14.5. The van der Waals surface area contributed by atoms with Crippen LogP contribution in [0, 0.1) is 6.92 Å². The van der Waals surface area contributed by atoms with Crippen molar-refractivity contribution in [3.05, 3.63) is 15.8 Å². The maximum atomic E-state index is 11.8. The Bertz CT molecular complexity index is 435. The summed E-state index contributed by atoms with van der Waals surface area (Å²) >= 11 is 1.26. The van der Waals surface area contributed by atoms with Gasteiger partial charge in [0.25, 0.3) is 5.91 Å². The molecule has 1 unspecified atom stereocenters. The number of aryl methyl sites for hydroxylation is 1. The molecule has 1 heterocycles. The molecule has 0 saturated carbocycles. The summed E-state index contributed by atoms with van der Waals surface area (Å²) in [6.07, 6.45) is -0.816. The van der Waals surface area contributed by atoms with Crippen LogP contribution in [0.3, 0.4) is 0 Å². The fraction of sp³-hybridized carbons (Fsp3) is 0.500. The van der Waals surface area contributed by atoms with Gasteiger partial charge in [0.2, 0.25) is 0 Å². The summed E-state index contributed by atoms with van der Waals surface area (Å²) in [5.74, 6) is -0.828. The van der Waals surface area contributed by atoms with Gasteiger partial charge in [-0.25, -0.2) is 4.79 Å². The van der Waals surface area contributed by atoms with Crippen molar-refractivity contribution in [2.45, 2.75) is 39.8 Å². The molecule has 5 nitrogen and oxygen atoms in total. The van der Waals surface area contributed by atoms with E-state index in [0.29, 0.717) is 10.6 Å². The average molecular weight is 270 g/mol. The lowest BCUT2D eigenvalue weighted by Gasteiger charge is -2.14. The first-order valence-corrected chi connectivity index (χ1v) is 6.50. The standard InChI is InChI=1S/C12H18N2O3S/c1-6(2)14-11(15)7(3)17-12(16)10-5-9(13)8(4)18-10/h5-7H,13H2,1-4H3,(H,14,15). The molecule has 1 rings (SSSR count). The van der Waals surface area contributed by atoms with Crippen molar-refractivity contribution >= 4 is 28.9 Å². The van der Waals surface area contributed by atoms with Gasteiger partial charge in [0.15, 0.2) is 6.10 Å². The molecule has 3 N–H and O–H groups in total. The molecule has 18 heavy (non-hydrogen) atoms. The van der Waals surface area contributed by atoms with Gasteiger partial charge in [-0.15, -0.1) is 11.3 Å². The largest absolute Gasteiger partial charge is 0.448 e. The van der Waals surface area contributed by atoms with Crippen molar-refractivity contribution in [2.24, 2.45) is 0 Å². The van der Waals surface area contributed by atoms with E-state index in [4.69, 9.17) is 10.5 Å². The Kier molecular flexibility index (Phi) is 4.72. The molecule has 0 radical (unpaired) electrons. The maximum Gasteiger partial charge on any atom is 0.349 e. The Morgan fingerprint density at radius 2 is 2.00 bits per heavy atom. The summed E-state index contributed by atoms with van der Waals surface area (Å²) in [6, 6.07) is 1.58. The second-order valence-corrected chi connectivity index (χ2v) is 5.59. The minimum absolute atomic E-state index is 0.0123. The number of hydrogen-bond acceptors (Lipinski definition) is 5. The van der Waals surface area contributed by atoms with Gasteiger partial charge in [-0.05, 0) is 33.8 Å². The quantitative estimate of drug-likeness (QED) is 0.816. The van der Waals surface area contributed by atoms with E-state index >= 15 is 0 Å². The van der Waals surface area contributed by atoms with Gasteiger partial charge in [-0.2, -0.15) is 0 Å². The molecule has 1 atom stereocenters. The molecule has 0 aliphatic rings. The minimum atomic E-state index is -0.816.